The number of nitrogens with one attached hydrogen (secondary N) is 2. The minimum atomic E-state index is 0.466. The van der Waals surface area contributed by atoms with Crippen LogP contribution in [0.25, 0.3) is 11.4 Å². The van der Waals surface area contributed by atoms with Gasteiger partial charge in [-0.1, -0.05) is 17.7 Å². The molecule has 1 aliphatic rings. The van der Waals surface area contributed by atoms with Crippen LogP contribution in [0.5, 0.6) is 0 Å². The zero-order chi connectivity index (χ0) is 17.2. The molecule has 4 rings (SSSR count). The molecule has 1 saturated carbocycles. The lowest BCUT2D eigenvalue weighted by atomic mass is 10.2. The summed E-state index contributed by atoms with van der Waals surface area (Å²) in [4.78, 5) is 13.6. The maximum atomic E-state index is 6.33. The SMILES string of the molecule is Clc1cc(I)ccc1Nc1cc(-c2ccccn2)nc(NC2CC2)n1. The molecule has 1 aromatic carbocycles. The van der Waals surface area contributed by atoms with Crippen LogP contribution in [0.3, 0.4) is 0 Å². The lowest BCUT2D eigenvalue weighted by Crippen LogP contribution is -2.08. The molecule has 0 amide bonds. The van der Waals surface area contributed by atoms with Gasteiger partial charge >= 0.3 is 0 Å². The molecule has 0 atom stereocenters. The molecule has 2 heterocycles. The number of anilines is 3. The van der Waals surface area contributed by atoms with Gasteiger partial charge in [-0.05, 0) is 65.8 Å². The minimum absolute atomic E-state index is 0.466. The zero-order valence-electron chi connectivity index (χ0n) is 13.2. The van der Waals surface area contributed by atoms with Gasteiger partial charge in [-0.15, -0.1) is 0 Å². The molecule has 1 fully saturated rings. The monoisotopic (exact) mass is 463 g/mol. The summed E-state index contributed by atoms with van der Waals surface area (Å²) in [5.41, 5.74) is 2.38. The second-order valence-electron chi connectivity index (χ2n) is 5.84. The Morgan fingerprint density at radius 1 is 1.04 bits per heavy atom. The summed E-state index contributed by atoms with van der Waals surface area (Å²) in [5.74, 6) is 1.29. The van der Waals surface area contributed by atoms with Gasteiger partial charge in [0.05, 0.1) is 22.1 Å². The number of aromatic nitrogens is 3. The third-order valence-electron chi connectivity index (χ3n) is 3.76. The fourth-order valence-electron chi connectivity index (χ4n) is 2.36. The topological polar surface area (TPSA) is 62.7 Å². The number of pyridine rings is 1. The van der Waals surface area contributed by atoms with Gasteiger partial charge in [0, 0.05) is 21.9 Å². The van der Waals surface area contributed by atoms with Crippen LogP contribution in [0.2, 0.25) is 5.02 Å². The van der Waals surface area contributed by atoms with Crippen molar-refractivity contribution in [2.24, 2.45) is 0 Å². The number of hydrogen-bond acceptors (Lipinski definition) is 5. The molecule has 2 N–H and O–H groups in total. The molecule has 0 spiro atoms. The van der Waals surface area contributed by atoms with Crippen molar-refractivity contribution >= 4 is 51.6 Å². The van der Waals surface area contributed by atoms with Gasteiger partial charge in [0.25, 0.3) is 0 Å². The van der Waals surface area contributed by atoms with E-state index in [4.69, 9.17) is 11.6 Å². The Kier molecular flexibility index (Phi) is 4.72. The van der Waals surface area contributed by atoms with E-state index in [1.807, 2.05) is 42.5 Å². The van der Waals surface area contributed by atoms with Crippen LogP contribution in [0.1, 0.15) is 12.8 Å². The molecule has 3 aromatic rings. The van der Waals surface area contributed by atoms with Crippen LogP contribution in [0.4, 0.5) is 17.5 Å². The van der Waals surface area contributed by atoms with Crippen LogP contribution in [0, 0.1) is 3.57 Å². The molecule has 0 saturated heterocycles. The smallest absolute Gasteiger partial charge is 0.225 e. The Balaban J connectivity index is 1.70. The van der Waals surface area contributed by atoms with Crippen molar-refractivity contribution < 1.29 is 0 Å². The summed E-state index contributed by atoms with van der Waals surface area (Å²) >= 11 is 8.57. The van der Waals surface area contributed by atoms with Crippen molar-refractivity contribution in [2.45, 2.75) is 18.9 Å². The van der Waals surface area contributed by atoms with E-state index < -0.39 is 0 Å². The standard InChI is InChI=1S/C18H15ClIN5/c19-13-9-11(20)4-7-14(13)23-17-10-16(15-3-1-2-8-21-15)24-18(25-17)22-12-5-6-12/h1-4,7-10,12H,5-6H2,(H2,22,23,24,25). The zero-order valence-corrected chi connectivity index (χ0v) is 16.1. The highest BCUT2D eigenvalue weighted by Gasteiger charge is 2.22. The Morgan fingerprint density at radius 3 is 2.64 bits per heavy atom. The molecule has 5 nitrogen and oxygen atoms in total. The van der Waals surface area contributed by atoms with E-state index in [9.17, 15) is 0 Å². The fourth-order valence-corrected chi connectivity index (χ4v) is 3.26. The molecule has 25 heavy (non-hydrogen) atoms. The maximum absolute atomic E-state index is 6.33. The van der Waals surface area contributed by atoms with Gasteiger partial charge in [0.1, 0.15) is 5.82 Å². The Bertz CT molecular complexity index is 899. The number of halogens is 2. The summed E-state index contributed by atoms with van der Waals surface area (Å²) < 4.78 is 1.08. The number of benzene rings is 1. The van der Waals surface area contributed by atoms with Crippen LogP contribution in [-0.4, -0.2) is 21.0 Å². The summed E-state index contributed by atoms with van der Waals surface area (Å²) in [6.07, 6.45) is 4.07. The summed E-state index contributed by atoms with van der Waals surface area (Å²) in [7, 11) is 0. The Labute approximate surface area is 164 Å². The average molecular weight is 464 g/mol. The van der Waals surface area contributed by atoms with Crippen LogP contribution < -0.4 is 10.6 Å². The average Bonchev–Trinajstić information content (AvgIpc) is 3.42. The van der Waals surface area contributed by atoms with Gasteiger partial charge in [0.2, 0.25) is 5.95 Å². The second kappa shape index (κ2) is 7.13. The fraction of sp³-hybridized carbons (Fsp3) is 0.167. The van der Waals surface area contributed by atoms with Crippen LogP contribution in [0.15, 0.2) is 48.7 Å². The third kappa shape index (κ3) is 4.19. The quantitative estimate of drug-likeness (QED) is 0.515. The van der Waals surface area contributed by atoms with E-state index in [0.29, 0.717) is 22.8 Å². The van der Waals surface area contributed by atoms with Crippen LogP contribution >= 0.6 is 34.2 Å². The third-order valence-corrected chi connectivity index (χ3v) is 4.74. The van der Waals surface area contributed by atoms with Crippen molar-refractivity contribution in [1.82, 2.24) is 15.0 Å². The van der Waals surface area contributed by atoms with E-state index in [1.165, 1.54) is 0 Å². The molecule has 2 aromatic heterocycles. The van der Waals surface area contributed by atoms with Crippen molar-refractivity contribution in [3.05, 3.63) is 57.3 Å². The molecule has 0 aliphatic heterocycles. The lowest BCUT2D eigenvalue weighted by Gasteiger charge is -2.12. The largest absolute Gasteiger partial charge is 0.351 e. The second-order valence-corrected chi connectivity index (χ2v) is 7.50. The van der Waals surface area contributed by atoms with Gasteiger partial charge < -0.3 is 10.6 Å². The van der Waals surface area contributed by atoms with E-state index in [-0.39, 0.29) is 0 Å². The molecule has 0 unspecified atom stereocenters. The highest BCUT2D eigenvalue weighted by Crippen LogP contribution is 2.29. The molecular weight excluding hydrogens is 449 g/mol. The highest BCUT2D eigenvalue weighted by molar-refractivity contribution is 14.1. The van der Waals surface area contributed by atoms with E-state index in [1.54, 1.807) is 6.20 Å². The Hall–Kier alpha value is -1.93. The van der Waals surface area contributed by atoms with Crippen LogP contribution in [-0.2, 0) is 0 Å². The summed E-state index contributed by atoms with van der Waals surface area (Å²) in [5, 5.41) is 7.30. The summed E-state index contributed by atoms with van der Waals surface area (Å²) in [6.45, 7) is 0. The van der Waals surface area contributed by atoms with Gasteiger partial charge in [-0.2, -0.15) is 4.98 Å². The maximum Gasteiger partial charge on any atom is 0.225 e. The Morgan fingerprint density at radius 2 is 1.92 bits per heavy atom. The number of nitrogens with zero attached hydrogens (tertiary/aromatic N) is 3. The van der Waals surface area contributed by atoms with Crippen molar-refractivity contribution in [3.8, 4) is 11.4 Å². The first kappa shape index (κ1) is 16.5. The van der Waals surface area contributed by atoms with Crippen molar-refractivity contribution in [2.75, 3.05) is 10.6 Å². The van der Waals surface area contributed by atoms with E-state index >= 15 is 0 Å². The van der Waals surface area contributed by atoms with Gasteiger partial charge in [0.15, 0.2) is 0 Å². The van der Waals surface area contributed by atoms with E-state index in [2.05, 4.69) is 48.2 Å². The first-order valence-corrected chi connectivity index (χ1v) is 9.42. The van der Waals surface area contributed by atoms with Crippen molar-refractivity contribution in [3.63, 3.8) is 0 Å². The predicted octanol–water partition coefficient (Wildman–Crippen LogP) is 5.11. The molecular formula is C18H15ClIN5. The number of rotatable bonds is 5. The number of hydrogen-bond donors (Lipinski definition) is 2. The van der Waals surface area contributed by atoms with Crippen molar-refractivity contribution in [1.29, 1.82) is 0 Å². The molecule has 126 valence electrons. The molecule has 0 radical (unpaired) electrons. The normalized spacial score (nSPS) is 13.5. The summed E-state index contributed by atoms with van der Waals surface area (Å²) in [6, 6.07) is 14.0. The van der Waals surface area contributed by atoms with Gasteiger partial charge in [-0.25, -0.2) is 4.98 Å². The molecule has 0 bridgehead atoms. The minimum Gasteiger partial charge on any atom is -0.351 e. The highest BCUT2D eigenvalue weighted by atomic mass is 127. The van der Waals surface area contributed by atoms with Gasteiger partial charge in [-0.3, -0.25) is 4.98 Å². The predicted molar refractivity (Wildman–Crippen MR) is 109 cm³/mol. The van der Waals surface area contributed by atoms with E-state index in [0.717, 1.165) is 33.5 Å². The lowest BCUT2D eigenvalue weighted by molar-refractivity contribution is 1.05. The molecule has 7 heteroatoms. The first-order chi connectivity index (χ1) is 12.2. The first-order valence-electron chi connectivity index (χ1n) is 7.96. The molecule has 1 aliphatic carbocycles.